The third-order valence-corrected chi connectivity index (χ3v) is 0.790. The number of halogens is 3. The molecule has 0 bridgehead atoms. The van der Waals surface area contributed by atoms with Crippen LogP contribution in [0.1, 0.15) is 6.42 Å². The van der Waals surface area contributed by atoms with Gasteiger partial charge in [0.25, 0.3) is 0 Å². The summed E-state index contributed by atoms with van der Waals surface area (Å²) in [6.45, 7) is 3.95. The first kappa shape index (κ1) is 64.1. The Morgan fingerprint density at radius 3 is 1.53 bits per heavy atom. The molecule has 0 amide bonds. The van der Waals surface area contributed by atoms with Crippen LogP contribution in [0.5, 0.6) is 0 Å². The van der Waals surface area contributed by atoms with Gasteiger partial charge in [-0.1, -0.05) is 6.61 Å². The first-order valence-electron chi connectivity index (χ1n) is 2.91. The van der Waals surface area contributed by atoms with E-state index < -0.39 is 0 Å². The fourth-order valence-electron chi connectivity index (χ4n) is 0.340. The van der Waals surface area contributed by atoms with Crippen LogP contribution in [0, 0.1) is 42.7 Å². The summed E-state index contributed by atoms with van der Waals surface area (Å²) in [7, 11) is 1.62. The molecular formula is C12H27Cl3OTi-6. The molecule has 0 fully saturated rings. The summed E-state index contributed by atoms with van der Waals surface area (Å²) < 4.78 is 4.43. The monoisotopic (exact) mass is 340 g/mol. The van der Waals surface area contributed by atoms with Crippen molar-refractivity contribution in [1.29, 1.82) is 0 Å². The van der Waals surface area contributed by atoms with Gasteiger partial charge in [-0.25, -0.2) is 12.2 Å². The van der Waals surface area contributed by atoms with E-state index in [0.29, 0.717) is 6.61 Å². The van der Waals surface area contributed by atoms with Gasteiger partial charge in [-0.15, -0.1) is 43.6 Å². The Morgan fingerprint density at radius 2 is 1.47 bits per heavy atom. The van der Waals surface area contributed by atoms with Crippen LogP contribution in [0.2, 0.25) is 0 Å². The summed E-state index contributed by atoms with van der Waals surface area (Å²) in [5, 5.41) is 0. The minimum Gasteiger partial charge on any atom is -0.417 e. The van der Waals surface area contributed by atoms with Crippen LogP contribution in [0.4, 0.5) is 0 Å². The molecule has 0 saturated carbocycles. The van der Waals surface area contributed by atoms with E-state index in [1.165, 1.54) is 0 Å². The largest absolute Gasteiger partial charge is 0.417 e. The predicted octanol–water partition coefficient (Wildman–Crippen LogP) is 4.84. The second-order valence-corrected chi connectivity index (χ2v) is 1.50. The van der Waals surface area contributed by atoms with Crippen LogP contribution < -0.4 is 0 Å². The molecule has 0 saturated heterocycles. The van der Waals surface area contributed by atoms with Crippen LogP contribution in [0.15, 0.2) is 18.2 Å². The zero-order valence-electron chi connectivity index (χ0n) is 11.5. The van der Waals surface area contributed by atoms with E-state index in [9.17, 15) is 0 Å². The van der Waals surface area contributed by atoms with Gasteiger partial charge in [-0.3, -0.25) is 6.08 Å². The number of ether oxygens (including phenoxy) is 1. The van der Waals surface area contributed by atoms with Crippen molar-refractivity contribution in [2.45, 2.75) is 6.42 Å². The molecule has 0 aromatic rings. The van der Waals surface area contributed by atoms with Crippen LogP contribution in [-0.2, 0) is 26.5 Å². The van der Waals surface area contributed by atoms with E-state index in [1.807, 2.05) is 12.2 Å². The standard InChI is InChI=1S/C5H5.C3H7O.4CH3.3ClH.Ti/c1-2-4-5-3-1;1-3-4-2;;;;;;;;/h1-3H,4H2;1,3H2,2H3;4*1H3;3*1H;/q6*-1;;;;. The first-order chi connectivity index (χ1) is 4.41. The predicted molar refractivity (Wildman–Crippen MR) is 86.2 cm³/mol. The van der Waals surface area contributed by atoms with Crippen molar-refractivity contribution in [2.75, 3.05) is 13.7 Å². The molecule has 112 valence electrons. The molecule has 0 aliphatic heterocycles. The van der Waals surface area contributed by atoms with Crippen molar-refractivity contribution < 1.29 is 26.5 Å². The Balaban J connectivity index is -0.00000000740. The zero-order chi connectivity index (χ0) is 6.95. The summed E-state index contributed by atoms with van der Waals surface area (Å²) in [4.78, 5) is 0. The van der Waals surface area contributed by atoms with E-state index >= 15 is 0 Å². The molecule has 0 spiro atoms. The molecule has 17 heavy (non-hydrogen) atoms. The second kappa shape index (κ2) is 67.9. The SMILES string of the molecule is Cl.Cl.Cl.[C-]1=CC=CC1.[CH2-]COC.[CH3-].[CH3-].[CH3-].[CH3-].[Ti]. The Morgan fingerprint density at radius 1 is 1.12 bits per heavy atom. The third-order valence-electron chi connectivity index (χ3n) is 0.790. The van der Waals surface area contributed by atoms with Gasteiger partial charge in [0, 0.05) is 28.8 Å². The fourth-order valence-corrected chi connectivity index (χ4v) is 0.340. The molecule has 1 nitrogen and oxygen atoms in total. The Kier molecular flexibility index (Phi) is 256. The van der Waals surface area contributed by atoms with Crippen molar-refractivity contribution in [1.82, 2.24) is 0 Å². The molecular weight excluding hydrogens is 314 g/mol. The zero-order valence-corrected chi connectivity index (χ0v) is 15.5. The Hall–Kier alpha value is 1.02. The summed E-state index contributed by atoms with van der Waals surface area (Å²) in [6, 6.07) is 0. The van der Waals surface area contributed by atoms with Gasteiger partial charge in [-0.05, 0) is 0 Å². The maximum absolute atomic E-state index is 4.43. The van der Waals surface area contributed by atoms with Gasteiger partial charge in [0.15, 0.2) is 0 Å². The smallest absolute Gasteiger partial charge is 0.0319 e. The van der Waals surface area contributed by atoms with Gasteiger partial charge in [0.05, 0.1) is 0 Å². The van der Waals surface area contributed by atoms with E-state index in [1.54, 1.807) is 7.11 Å². The summed E-state index contributed by atoms with van der Waals surface area (Å²) in [6.07, 6.45) is 10.0. The average Bonchev–Trinajstić information content (AvgIpc) is 2.43. The van der Waals surface area contributed by atoms with Crippen molar-refractivity contribution >= 4 is 37.2 Å². The fraction of sp³-hybridized carbons (Fsp3) is 0.250. The molecule has 0 aromatic heterocycles. The van der Waals surface area contributed by atoms with Gasteiger partial charge >= 0.3 is 0 Å². The first-order valence-corrected chi connectivity index (χ1v) is 2.91. The molecule has 0 heterocycles. The van der Waals surface area contributed by atoms with E-state index in [0.717, 1.165) is 6.42 Å². The number of rotatable bonds is 1. The van der Waals surface area contributed by atoms with Crippen molar-refractivity contribution in [3.05, 3.63) is 60.9 Å². The van der Waals surface area contributed by atoms with Crippen molar-refractivity contribution in [3.8, 4) is 0 Å². The van der Waals surface area contributed by atoms with Gasteiger partial charge in [-0.2, -0.15) is 6.08 Å². The average molecular weight is 342 g/mol. The molecule has 0 unspecified atom stereocenters. The number of methoxy groups -OCH3 is 1. The number of allylic oxidation sites excluding steroid dienone is 4. The number of hydrogen-bond acceptors (Lipinski definition) is 1. The summed E-state index contributed by atoms with van der Waals surface area (Å²) in [5.74, 6) is 0. The van der Waals surface area contributed by atoms with Gasteiger partial charge in [0.1, 0.15) is 0 Å². The topological polar surface area (TPSA) is 9.23 Å². The minimum atomic E-state index is 0. The van der Waals surface area contributed by atoms with E-state index in [4.69, 9.17) is 0 Å². The minimum absolute atomic E-state index is 0. The molecule has 0 atom stereocenters. The summed E-state index contributed by atoms with van der Waals surface area (Å²) in [5.41, 5.74) is 0. The van der Waals surface area contributed by atoms with Crippen LogP contribution in [0.3, 0.4) is 0 Å². The molecule has 1 aliphatic carbocycles. The van der Waals surface area contributed by atoms with Gasteiger partial charge in [0.2, 0.25) is 0 Å². The molecule has 0 N–H and O–H groups in total. The quantitative estimate of drug-likeness (QED) is 0.490. The molecule has 1 aliphatic rings. The van der Waals surface area contributed by atoms with Crippen LogP contribution in [-0.4, -0.2) is 13.7 Å². The van der Waals surface area contributed by atoms with E-state index in [-0.39, 0.29) is 88.6 Å². The maximum Gasteiger partial charge on any atom is 0.0319 e. The van der Waals surface area contributed by atoms with Crippen molar-refractivity contribution in [2.24, 2.45) is 0 Å². The number of hydrogen-bond donors (Lipinski definition) is 0. The molecule has 5 heteroatoms. The third kappa shape index (κ3) is 77.9. The Labute approximate surface area is 144 Å². The van der Waals surface area contributed by atoms with E-state index in [2.05, 4.69) is 23.8 Å². The Bertz CT molecular complexity index is 97.9. The van der Waals surface area contributed by atoms with Crippen LogP contribution in [0.25, 0.3) is 0 Å². The van der Waals surface area contributed by atoms with Gasteiger partial charge < -0.3 is 41.4 Å². The molecule has 0 radical (unpaired) electrons. The van der Waals surface area contributed by atoms with Crippen LogP contribution >= 0.6 is 37.2 Å². The normalized spacial score (nSPS) is 6.94. The van der Waals surface area contributed by atoms with Crippen molar-refractivity contribution in [3.63, 3.8) is 0 Å². The maximum atomic E-state index is 4.43. The summed E-state index contributed by atoms with van der Waals surface area (Å²) >= 11 is 0. The molecule has 1 rings (SSSR count). The molecule has 0 aromatic carbocycles. The second-order valence-electron chi connectivity index (χ2n) is 1.50.